The van der Waals surface area contributed by atoms with Crippen molar-refractivity contribution in [3.63, 3.8) is 0 Å². The van der Waals surface area contributed by atoms with Crippen molar-refractivity contribution in [2.45, 2.75) is 107 Å². The highest BCUT2D eigenvalue weighted by molar-refractivity contribution is 5.71. The van der Waals surface area contributed by atoms with Crippen LogP contribution >= 0.6 is 0 Å². The maximum Gasteiger partial charge on any atom is 0.410 e. The van der Waals surface area contributed by atoms with Gasteiger partial charge in [0.2, 0.25) is 0 Å². The summed E-state index contributed by atoms with van der Waals surface area (Å²) in [5.41, 5.74) is 12.9. The van der Waals surface area contributed by atoms with E-state index in [1.54, 1.807) is 4.90 Å². The quantitative estimate of drug-likeness (QED) is 0.0513. The molecule has 2 heterocycles. The Balaban J connectivity index is 1.15. The van der Waals surface area contributed by atoms with Gasteiger partial charge in [-0.1, -0.05) is 126 Å². The monoisotopic (exact) mass is 820 g/mol. The average molecular weight is 821 g/mol. The van der Waals surface area contributed by atoms with E-state index in [2.05, 4.69) is 20.7 Å². The Hall–Kier alpha value is -6.16. The highest BCUT2D eigenvalue weighted by Crippen LogP contribution is 2.36. The largest absolute Gasteiger partial charge is 0.445 e. The number of aliphatic hydroxyl groups excluding tert-OH is 1. The molecule has 1 aliphatic carbocycles. The van der Waals surface area contributed by atoms with Crippen molar-refractivity contribution in [2.75, 3.05) is 0 Å². The molecule has 3 amide bonds. The molecule has 1 unspecified atom stereocenters. The average Bonchev–Trinajstić information content (AvgIpc) is 3.68. The second kappa shape index (κ2) is 20.2. The first kappa shape index (κ1) is 42.0. The van der Waals surface area contributed by atoms with Crippen molar-refractivity contribution in [1.82, 2.24) is 15.5 Å². The standard InChI is InChI=1S/C44H48N6O10/c1-28(50(24-29-14-6-2-7-15-29)44(54)57-27-32-20-12-5-13-21-32)34-23-22-33(48-49-45)41(58-34)59-39-35(46-42(52)56-26-31-18-10-4-11-19-31)38(55-25-30-16-8-3-9-17-30)36-40(37(39)51)60-43(53)47-36/h2-21,28,33-41,51H,22-27H2,1H3,(H,46,52)(H,47,53)/t28-,33-,34+,35+,36-,37+,38+,39-,40+,41?/m1/s1. The van der Waals surface area contributed by atoms with Crippen LogP contribution in [0.15, 0.2) is 126 Å². The molecule has 3 aliphatic rings. The van der Waals surface area contributed by atoms with Crippen LogP contribution in [-0.2, 0) is 54.8 Å². The summed E-state index contributed by atoms with van der Waals surface area (Å²) >= 11 is 0. The predicted molar refractivity (Wildman–Crippen MR) is 216 cm³/mol. The van der Waals surface area contributed by atoms with E-state index in [9.17, 15) is 25.0 Å². The van der Waals surface area contributed by atoms with Gasteiger partial charge in [0.1, 0.15) is 37.6 Å². The number of fused-ring (bicyclic) bond motifs is 1. The van der Waals surface area contributed by atoms with Gasteiger partial charge < -0.3 is 44.2 Å². The van der Waals surface area contributed by atoms with E-state index in [1.807, 2.05) is 128 Å². The van der Waals surface area contributed by atoms with Crippen LogP contribution in [0.25, 0.3) is 10.4 Å². The van der Waals surface area contributed by atoms with Crippen molar-refractivity contribution < 1.29 is 47.9 Å². The van der Waals surface area contributed by atoms with E-state index in [0.29, 0.717) is 12.8 Å². The zero-order chi connectivity index (χ0) is 41.8. The number of alkyl carbamates (subject to hydrolysis) is 2. The van der Waals surface area contributed by atoms with E-state index < -0.39 is 79.3 Å². The smallest absolute Gasteiger partial charge is 0.410 e. The summed E-state index contributed by atoms with van der Waals surface area (Å²) in [6.45, 7) is 2.13. The Bertz CT molecular complexity index is 2060. The molecule has 16 heteroatoms. The van der Waals surface area contributed by atoms with Crippen molar-refractivity contribution in [1.29, 1.82) is 0 Å². The summed E-state index contributed by atoms with van der Waals surface area (Å²) in [6, 6.07) is 33.7. The molecule has 10 atom stereocenters. The minimum Gasteiger partial charge on any atom is -0.445 e. The molecular formula is C44H48N6O10. The van der Waals surface area contributed by atoms with Gasteiger partial charge in [0.05, 0.1) is 30.8 Å². The van der Waals surface area contributed by atoms with Crippen LogP contribution < -0.4 is 10.6 Å². The zero-order valence-corrected chi connectivity index (χ0v) is 33.0. The number of amides is 3. The van der Waals surface area contributed by atoms with Gasteiger partial charge in [-0.25, -0.2) is 14.4 Å². The second-order valence-electron chi connectivity index (χ2n) is 14.9. The third kappa shape index (κ3) is 10.5. The van der Waals surface area contributed by atoms with Gasteiger partial charge in [0.15, 0.2) is 12.4 Å². The van der Waals surface area contributed by atoms with E-state index in [0.717, 1.165) is 22.3 Å². The third-order valence-corrected chi connectivity index (χ3v) is 10.9. The molecule has 60 heavy (non-hydrogen) atoms. The molecule has 3 N–H and O–H groups in total. The van der Waals surface area contributed by atoms with E-state index in [1.165, 1.54) is 0 Å². The predicted octanol–water partition coefficient (Wildman–Crippen LogP) is 6.52. The molecule has 2 aliphatic heterocycles. The van der Waals surface area contributed by atoms with Crippen LogP contribution in [0.3, 0.4) is 0 Å². The summed E-state index contributed by atoms with van der Waals surface area (Å²) in [5.74, 6) is 0. The van der Waals surface area contributed by atoms with Crippen LogP contribution in [0.2, 0.25) is 0 Å². The Kier molecular flexibility index (Phi) is 14.1. The van der Waals surface area contributed by atoms with Gasteiger partial charge in [-0.2, -0.15) is 0 Å². The molecule has 0 bridgehead atoms. The van der Waals surface area contributed by atoms with Crippen LogP contribution in [0.4, 0.5) is 14.4 Å². The SMILES string of the molecule is C[C@H]([C@@H]1CC[C@@H](N=[N+]=[N-])C(O[C@H]2[C@H](O)[C@H]3OC(=O)N[C@@H]3[C@@H](OCc3ccccc3)[C@@H]2NC(=O)OCc2ccccc2)O1)N(Cc1ccccc1)C(=O)OCc1ccccc1. The molecule has 314 valence electrons. The Labute approximate surface area is 347 Å². The highest BCUT2D eigenvalue weighted by atomic mass is 16.7. The zero-order valence-electron chi connectivity index (χ0n) is 33.0. The van der Waals surface area contributed by atoms with Gasteiger partial charge in [-0.15, -0.1) is 0 Å². The maximum absolute atomic E-state index is 13.8. The van der Waals surface area contributed by atoms with Crippen LogP contribution in [0.1, 0.15) is 42.0 Å². The first-order valence-corrected chi connectivity index (χ1v) is 19.9. The third-order valence-electron chi connectivity index (χ3n) is 10.9. The topological polar surface area (TPSA) is 203 Å². The number of hydrogen-bond donors (Lipinski definition) is 3. The fraction of sp³-hybridized carbons (Fsp3) is 0.386. The van der Waals surface area contributed by atoms with Crippen molar-refractivity contribution in [3.05, 3.63) is 154 Å². The molecule has 0 aromatic heterocycles. The van der Waals surface area contributed by atoms with Gasteiger partial charge in [0.25, 0.3) is 0 Å². The lowest BCUT2D eigenvalue weighted by atomic mass is 9.81. The van der Waals surface area contributed by atoms with Crippen molar-refractivity contribution in [3.8, 4) is 0 Å². The number of ether oxygens (including phenoxy) is 6. The van der Waals surface area contributed by atoms with Gasteiger partial charge in [-0.3, -0.25) is 4.90 Å². The Morgan fingerprint density at radius 3 is 2.02 bits per heavy atom. The fourth-order valence-electron chi connectivity index (χ4n) is 7.79. The van der Waals surface area contributed by atoms with Crippen LogP contribution in [0.5, 0.6) is 0 Å². The van der Waals surface area contributed by atoms with Crippen LogP contribution in [-0.4, -0.2) is 89.3 Å². The lowest BCUT2D eigenvalue weighted by molar-refractivity contribution is -0.268. The molecule has 0 radical (unpaired) electrons. The number of hydrogen-bond acceptors (Lipinski definition) is 11. The molecule has 16 nitrogen and oxygen atoms in total. The molecule has 4 aromatic rings. The minimum absolute atomic E-state index is 0.0492. The first-order chi connectivity index (χ1) is 29.3. The number of nitrogens with zero attached hydrogens (tertiary/aromatic N) is 4. The lowest BCUT2D eigenvalue weighted by Gasteiger charge is -2.48. The maximum atomic E-state index is 13.8. The van der Waals surface area contributed by atoms with E-state index in [-0.39, 0.29) is 26.4 Å². The van der Waals surface area contributed by atoms with Gasteiger partial charge >= 0.3 is 18.3 Å². The molecule has 0 spiro atoms. The summed E-state index contributed by atoms with van der Waals surface area (Å²) in [5, 5.41) is 21.5. The Morgan fingerprint density at radius 2 is 1.42 bits per heavy atom. The summed E-state index contributed by atoms with van der Waals surface area (Å²) in [7, 11) is 0. The molecule has 7 rings (SSSR count). The molecule has 3 fully saturated rings. The van der Waals surface area contributed by atoms with Crippen LogP contribution in [0, 0.1) is 0 Å². The molecule has 1 saturated carbocycles. The number of nitrogens with one attached hydrogen (secondary N) is 2. The van der Waals surface area contributed by atoms with Crippen molar-refractivity contribution >= 4 is 18.3 Å². The number of benzene rings is 4. The summed E-state index contributed by atoms with van der Waals surface area (Å²) in [6.07, 6.45) is -8.52. The number of carbonyl (C=O) groups is 3. The number of rotatable bonds is 15. The lowest BCUT2D eigenvalue weighted by Crippen LogP contribution is -2.71. The molecular weight excluding hydrogens is 773 g/mol. The van der Waals surface area contributed by atoms with Crippen molar-refractivity contribution in [2.24, 2.45) is 5.11 Å². The fourth-order valence-corrected chi connectivity index (χ4v) is 7.79. The Morgan fingerprint density at radius 1 is 0.850 bits per heavy atom. The summed E-state index contributed by atoms with van der Waals surface area (Å²) < 4.78 is 36.6. The molecule has 2 saturated heterocycles. The van der Waals surface area contributed by atoms with E-state index >= 15 is 0 Å². The van der Waals surface area contributed by atoms with Gasteiger partial charge in [-0.05, 0) is 47.6 Å². The normalized spacial score (nSPS) is 26.2. The molecule has 4 aromatic carbocycles. The number of azide groups is 1. The second-order valence-corrected chi connectivity index (χ2v) is 14.9. The number of carbonyl (C=O) groups excluding carboxylic acids is 3. The van der Waals surface area contributed by atoms with Gasteiger partial charge in [0, 0.05) is 11.5 Å². The summed E-state index contributed by atoms with van der Waals surface area (Å²) in [4.78, 5) is 44.7. The highest BCUT2D eigenvalue weighted by Gasteiger charge is 2.58. The first-order valence-electron chi connectivity index (χ1n) is 19.9. The van der Waals surface area contributed by atoms with E-state index in [4.69, 9.17) is 28.4 Å². The minimum atomic E-state index is -1.53. The number of aliphatic hydroxyl groups is 1.